The molecule has 0 heterocycles. The summed E-state index contributed by atoms with van der Waals surface area (Å²) in [6, 6.07) is 4.17. The molecule has 23 heavy (non-hydrogen) atoms. The molecule has 0 saturated heterocycles. The lowest BCUT2D eigenvalue weighted by Crippen LogP contribution is -2.38. The Morgan fingerprint density at radius 3 is 2.43 bits per heavy atom. The van der Waals surface area contributed by atoms with Gasteiger partial charge in [-0.1, -0.05) is 43.4 Å². The first-order valence-electron chi connectivity index (χ1n) is 9.01. The number of benzene rings is 1. The zero-order valence-electron chi connectivity index (χ0n) is 14.4. The van der Waals surface area contributed by atoms with Crippen LogP contribution in [0.1, 0.15) is 68.1 Å². The van der Waals surface area contributed by atoms with Gasteiger partial charge in [0.2, 0.25) is 0 Å². The van der Waals surface area contributed by atoms with Crippen LogP contribution in [-0.4, -0.2) is 17.7 Å². The van der Waals surface area contributed by atoms with Gasteiger partial charge in [-0.3, -0.25) is 4.79 Å². The number of aryl methyl sites for hydroxylation is 2. The second kappa shape index (κ2) is 6.54. The Hall–Kier alpha value is -1.51. The molecule has 0 atom stereocenters. The van der Waals surface area contributed by atoms with Crippen molar-refractivity contribution in [1.29, 1.82) is 0 Å². The second-order valence-corrected chi connectivity index (χ2v) is 7.51. The molecule has 0 bridgehead atoms. The molecule has 126 valence electrons. The molecule has 1 N–H and O–H groups in total. The van der Waals surface area contributed by atoms with Crippen LogP contribution in [0.25, 0.3) is 0 Å². The molecule has 2 saturated carbocycles. The molecular formula is C20H28O3. The van der Waals surface area contributed by atoms with Gasteiger partial charge in [-0.25, -0.2) is 0 Å². The SMILES string of the molecule is Cc1cc(C)c(OCC2CCC2)c(C2(C(=O)O)CCCCC2)c1. The predicted molar refractivity (Wildman–Crippen MR) is 91.2 cm³/mol. The average molecular weight is 316 g/mol. The topological polar surface area (TPSA) is 46.5 Å². The quantitative estimate of drug-likeness (QED) is 0.851. The fourth-order valence-electron chi connectivity index (χ4n) is 4.12. The molecule has 2 aliphatic rings. The summed E-state index contributed by atoms with van der Waals surface area (Å²) in [4.78, 5) is 12.2. The molecule has 0 aliphatic heterocycles. The summed E-state index contributed by atoms with van der Waals surface area (Å²) in [5.74, 6) is 0.804. The maximum Gasteiger partial charge on any atom is 0.314 e. The van der Waals surface area contributed by atoms with E-state index in [2.05, 4.69) is 12.1 Å². The van der Waals surface area contributed by atoms with E-state index in [-0.39, 0.29) is 0 Å². The van der Waals surface area contributed by atoms with Crippen molar-refractivity contribution < 1.29 is 14.6 Å². The van der Waals surface area contributed by atoms with Crippen molar-refractivity contribution in [2.45, 2.75) is 70.6 Å². The molecule has 3 heteroatoms. The Morgan fingerprint density at radius 1 is 1.17 bits per heavy atom. The molecular weight excluding hydrogens is 288 g/mol. The largest absolute Gasteiger partial charge is 0.493 e. The summed E-state index contributed by atoms with van der Waals surface area (Å²) in [6.07, 6.45) is 8.35. The zero-order chi connectivity index (χ0) is 16.4. The maximum atomic E-state index is 12.2. The van der Waals surface area contributed by atoms with E-state index in [4.69, 9.17) is 4.74 Å². The minimum atomic E-state index is -0.760. The van der Waals surface area contributed by atoms with Crippen LogP contribution < -0.4 is 4.74 Å². The van der Waals surface area contributed by atoms with Gasteiger partial charge in [0.05, 0.1) is 12.0 Å². The van der Waals surface area contributed by atoms with Crippen molar-refractivity contribution in [2.24, 2.45) is 5.92 Å². The number of hydrogen-bond donors (Lipinski definition) is 1. The van der Waals surface area contributed by atoms with E-state index in [0.717, 1.165) is 61.2 Å². The molecule has 1 aromatic carbocycles. The van der Waals surface area contributed by atoms with Gasteiger partial charge >= 0.3 is 5.97 Å². The predicted octanol–water partition coefficient (Wildman–Crippen LogP) is 4.77. The first-order chi connectivity index (χ1) is 11.0. The summed E-state index contributed by atoms with van der Waals surface area (Å²) in [7, 11) is 0. The normalized spacial score (nSPS) is 20.8. The number of carbonyl (C=O) groups is 1. The van der Waals surface area contributed by atoms with Crippen molar-refractivity contribution >= 4 is 5.97 Å². The van der Waals surface area contributed by atoms with Gasteiger partial charge in [-0.2, -0.15) is 0 Å². The Labute approximate surface area is 139 Å². The van der Waals surface area contributed by atoms with Crippen LogP contribution in [0.2, 0.25) is 0 Å². The third kappa shape index (κ3) is 3.11. The van der Waals surface area contributed by atoms with E-state index in [1.54, 1.807) is 0 Å². The molecule has 0 unspecified atom stereocenters. The Balaban J connectivity index is 1.98. The van der Waals surface area contributed by atoms with Gasteiger partial charge in [0.25, 0.3) is 0 Å². The van der Waals surface area contributed by atoms with Crippen molar-refractivity contribution in [3.05, 3.63) is 28.8 Å². The van der Waals surface area contributed by atoms with Gasteiger partial charge in [0, 0.05) is 5.56 Å². The number of ether oxygens (including phenoxy) is 1. The monoisotopic (exact) mass is 316 g/mol. The molecule has 3 nitrogen and oxygen atoms in total. The first kappa shape index (κ1) is 16.4. The smallest absolute Gasteiger partial charge is 0.314 e. The zero-order valence-corrected chi connectivity index (χ0v) is 14.4. The standard InChI is InChI=1S/C20H28O3/c1-14-11-15(2)18(23-13-16-7-6-8-16)17(12-14)20(19(21)22)9-4-3-5-10-20/h11-12,16H,3-10,13H2,1-2H3,(H,21,22). The molecule has 0 spiro atoms. The summed E-state index contributed by atoms with van der Waals surface area (Å²) < 4.78 is 6.19. The van der Waals surface area contributed by atoms with Crippen LogP contribution in [0.5, 0.6) is 5.75 Å². The van der Waals surface area contributed by atoms with Crippen molar-refractivity contribution in [1.82, 2.24) is 0 Å². The summed E-state index contributed by atoms with van der Waals surface area (Å²) in [6.45, 7) is 4.82. The van der Waals surface area contributed by atoms with E-state index >= 15 is 0 Å². The van der Waals surface area contributed by atoms with Gasteiger partial charge in [-0.15, -0.1) is 0 Å². The molecule has 0 amide bonds. The van der Waals surface area contributed by atoms with Gasteiger partial charge in [0.1, 0.15) is 5.75 Å². The Kier molecular flexibility index (Phi) is 4.65. The molecule has 1 aromatic rings. The lowest BCUT2D eigenvalue weighted by atomic mass is 9.68. The average Bonchev–Trinajstić information content (AvgIpc) is 2.47. The Bertz CT molecular complexity index is 581. The van der Waals surface area contributed by atoms with E-state index in [1.165, 1.54) is 19.3 Å². The van der Waals surface area contributed by atoms with Crippen LogP contribution in [0.4, 0.5) is 0 Å². The van der Waals surface area contributed by atoms with Crippen LogP contribution in [0, 0.1) is 19.8 Å². The van der Waals surface area contributed by atoms with Gasteiger partial charge in [0.15, 0.2) is 0 Å². The summed E-state index contributed by atoms with van der Waals surface area (Å²) >= 11 is 0. The van der Waals surface area contributed by atoms with Crippen LogP contribution in [0.3, 0.4) is 0 Å². The molecule has 3 rings (SSSR count). The van der Waals surface area contributed by atoms with Crippen LogP contribution >= 0.6 is 0 Å². The minimum absolute atomic E-state index is 0.649. The van der Waals surface area contributed by atoms with Crippen molar-refractivity contribution in [2.75, 3.05) is 6.61 Å². The third-order valence-corrected chi connectivity index (χ3v) is 5.74. The van der Waals surface area contributed by atoms with E-state index in [9.17, 15) is 9.90 Å². The number of aliphatic carboxylic acids is 1. The lowest BCUT2D eigenvalue weighted by Gasteiger charge is -2.36. The second-order valence-electron chi connectivity index (χ2n) is 7.51. The molecule has 2 aliphatic carbocycles. The highest BCUT2D eigenvalue weighted by atomic mass is 16.5. The number of carboxylic acids is 1. The van der Waals surface area contributed by atoms with Crippen molar-refractivity contribution in [3.63, 3.8) is 0 Å². The highest BCUT2D eigenvalue weighted by Crippen LogP contribution is 2.45. The summed E-state index contributed by atoms with van der Waals surface area (Å²) in [5.41, 5.74) is 2.36. The van der Waals surface area contributed by atoms with E-state index < -0.39 is 11.4 Å². The molecule has 0 radical (unpaired) electrons. The maximum absolute atomic E-state index is 12.2. The Morgan fingerprint density at radius 2 is 1.87 bits per heavy atom. The van der Waals surface area contributed by atoms with E-state index in [0.29, 0.717) is 5.92 Å². The fourth-order valence-corrected chi connectivity index (χ4v) is 4.12. The summed E-state index contributed by atoms with van der Waals surface area (Å²) in [5, 5.41) is 10.0. The highest BCUT2D eigenvalue weighted by molar-refractivity contribution is 5.83. The van der Waals surface area contributed by atoms with Gasteiger partial charge < -0.3 is 9.84 Å². The fraction of sp³-hybridized carbons (Fsp3) is 0.650. The van der Waals surface area contributed by atoms with Crippen LogP contribution in [-0.2, 0) is 10.2 Å². The highest BCUT2D eigenvalue weighted by Gasteiger charge is 2.43. The first-order valence-corrected chi connectivity index (χ1v) is 9.01. The minimum Gasteiger partial charge on any atom is -0.493 e. The lowest BCUT2D eigenvalue weighted by molar-refractivity contribution is -0.145. The molecule has 0 aromatic heterocycles. The number of carboxylic acid groups (broad SMARTS) is 1. The third-order valence-electron chi connectivity index (χ3n) is 5.74. The van der Waals surface area contributed by atoms with Crippen LogP contribution in [0.15, 0.2) is 12.1 Å². The molecule has 2 fully saturated rings. The van der Waals surface area contributed by atoms with Gasteiger partial charge in [-0.05, 0) is 51.0 Å². The van der Waals surface area contributed by atoms with Crippen molar-refractivity contribution in [3.8, 4) is 5.75 Å². The number of rotatable bonds is 5. The number of hydrogen-bond acceptors (Lipinski definition) is 2. The van der Waals surface area contributed by atoms with E-state index in [1.807, 2.05) is 13.8 Å².